The molecule has 2 rings (SSSR count). The van der Waals surface area contributed by atoms with Crippen LogP contribution in [0.15, 0.2) is 5.51 Å². The molecule has 0 fully saturated rings. The van der Waals surface area contributed by atoms with Crippen molar-refractivity contribution < 1.29 is 4.79 Å². The van der Waals surface area contributed by atoms with Crippen molar-refractivity contribution in [2.45, 2.75) is 26.4 Å². The van der Waals surface area contributed by atoms with Gasteiger partial charge in [0.2, 0.25) is 0 Å². The van der Waals surface area contributed by atoms with Gasteiger partial charge in [-0.2, -0.15) is 0 Å². The van der Waals surface area contributed by atoms with Crippen molar-refractivity contribution in [3.8, 4) is 0 Å². The number of fused-ring (bicyclic) bond motifs is 1. The maximum atomic E-state index is 11.6. The maximum Gasteiger partial charge on any atom is 0.274 e. The number of hydrogen-bond acceptors (Lipinski definition) is 3. The minimum atomic E-state index is 0.0845. The molecular weight excluding hydrogens is 172 g/mol. The topological polar surface area (TPSA) is 33.2 Å². The zero-order chi connectivity index (χ0) is 8.72. The molecule has 1 aromatic rings. The minimum absolute atomic E-state index is 0.0845. The van der Waals surface area contributed by atoms with Crippen LogP contribution in [0.1, 0.15) is 29.2 Å². The summed E-state index contributed by atoms with van der Waals surface area (Å²) >= 11 is 1.56. The number of nitrogens with zero attached hydrogens (tertiary/aromatic N) is 2. The van der Waals surface area contributed by atoms with E-state index in [1.807, 2.05) is 18.7 Å². The first-order valence-electron chi connectivity index (χ1n) is 3.93. The Balaban J connectivity index is 2.33. The van der Waals surface area contributed by atoms with Crippen LogP contribution in [0.4, 0.5) is 0 Å². The van der Waals surface area contributed by atoms with E-state index < -0.39 is 0 Å². The molecule has 1 aromatic heterocycles. The molecule has 0 saturated carbocycles. The van der Waals surface area contributed by atoms with Crippen LogP contribution in [0.2, 0.25) is 0 Å². The van der Waals surface area contributed by atoms with Gasteiger partial charge in [-0.3, -0.25) is 4.79 Å². The molecule has 1 aliphatic heterocycles. The second kappa shape index (κ2) is 2.55. The first-order valence-corrected chi connectivity index (χ1v) is 4.81. The summed E-state index contributed by atoms with van der Waals surface area (Å²) in [6.45, 7) is 4.79. The summed E-state index contributed by atoms with van der Waals surface area (Å²) in [6, 6.07) is 0.277. The van der Waals surface area contributed by atoms with Gasteiger partial charge in [-0.1, -0.05) is 0 Å². The Labute approximate surface area is 75.0 Å². The molecule has 2 heterocycles. The van der Waals surface area contributed by atoms with Crippen molar-refractivity contribution in [1.82, 2.24) is 9.88 Å². The van der Waals surface area contributed by atoms with E-state index in [1.165, 1.54) is 0 Å². The third-order valence-corrected chi connectivity index (χ3v) is 2.86. The monoisotopic (exact) mass is 182 g/mol. The molecule has 1 aliphatic rings. The summed E-state index contributed by atoms with van der Waals surface area (Å²) in [7, 11) is 0. The number of rotatable bonds is 1. The van der Waals surface area contributed by atoms with Gasteiger partial charge in [0, 0.05) is 6.04 Å². The molecule has 0 spiro atoms. The third-order valence-electron chi connectivity index (χ3n) is 2.04. The van der Waals surface area contributed by atoms with Crippen molar-refractivity contribution in [2.24, 2.45) is 0 Å². The van der Waals surface area contributed by atoms with Gasteiger partial charge in [0.1, 0.15) is 5.69 Å². The average Bonchev–Trinajstić information content (AvgIpc) is 2.53. The predicted molar refractivity (Wildman–Crippen MR) is 47.1 cm³/mol. The number of aromatic nitrogens is 1. The predicted octanol–water partition coefficient (Wildman–Crippen LogP) is 1.51. The Hall–Kier alpha value is -0.900. The smallest absolute Gasteiger partial charge is 0.274 e. The van der Waals surface area contributed by atoms with Crippen molar-refractivity contribution in [2.75, 3.05) is 0 Å². The van der Waals surface area contributed by atoms with E-state index in [1.54, 1.807) is 16.8 Å². The van der Waals surface area contributed by atoms with E-state index in [-0.39, 0.29) is 11.9 Å². The molecule has 0 saturated heterocycles. The molecule has 12 heavy (non-hydrogen) atoms. The van der Waals surface area contributed by atoms with Crippen LogP contribution in [-0.4, -0.2) is 21.8 Å². The normalized spacial score (nSPS) is 15.9. The third kappa shape index (κ3) is 0.948. The van der Waals surface area contributed by atoms with E-state index in [9.17, 15) is 4.79 Å². The Morgan fingerprint density at radius 2 is 2.42 bits per heavy atom. The Kier molecular flexibility index (Phi) is 1.65. The summed E-state index contributed by atoms with van der Waals surface area (Å²) in [5, 5.41) is 0. The van der Waals surface area contributed by atoms with E-state index >= 15 is 0 Å². The highest BCUT2D eigenvalue weighted by atomic mass is 32.1. The molecule has 1 amide bonds. The molecule has 0 aliphatic carbocycles. The highest BCUT2D eigenvalue weighted by Gasteiger charge is 2.31. The van der Waals surface area contributed by atoms with Crippen molar-refractivity contribution in [1.29, 1.82) is 0 Å². The standard InChI is InChI=1S/C8H10N2OS/c1-5(2)10-3-6-7(8(10)11)9-4-12-6/h4-5H,3H2,1-2H3. The highest BCUT2D eigenvalue weighted by Crippen LogP contribution is 2.26. The fourth-order valence-corrected chi connectivity index (χ4v) is 2.09. The Bertz CT molecular complexity index is 319. The van der Waals surface area contributed by atoms with Gasteiger partial charge < -0.3 is 4.90 Å². The molecule has 3 nitrogen and oxygen atoms in total. The lowest BCUT2D eigenvalue weighted by atomic mass is 10.3. The van der Waals surface area contributed by atoms with Gasteiger partial charge >= 0.3 is 0 Å². The van der Waals surface area contributed by atoms with Gasteiger partial charge in [-0.25, -0.2) is 4.98 Å². The fourth-order valence-electron chi connectivity index (χ4n) is 1.34. The summed E-state index contributed by atoms with van der Waals surface area (Å²) in [5.74, 6) is 0.0845. The largest absolute Gasteiger partial charge is 0.330 e. The van der Waals surface area contributed by atoms with E-state index in [0.29, 0.717) is 5.69 Å². The summed E-state index contributed by atoms with van der Waals surface area (Å²) in [5.41, 5.74) is 2.40. The van der Waals surface area contributed by atoms with Crippen LogP contribution in [0, 0.1) is 0 Å². The van der Waals surface area contributed by atoms with Crippen LogP contribution in [-0.2, 0) is 6.54 Å². The van der Waals surface area contributed by atoms with Crippen molar-refractivity contribution >= 4 is 17.2 Å². The molecule has 0 aromatic carbocycles. The Morgan fingerprint density at radius 1 is 1.67 bits per heavy atom. The number of carbonyl (C=O) groups is 1. The molecule has 4 heteroatoms. The van der Waals surface area contributed by atoms with E-state index in [0.717, 1.165) is 11.4 Å². The van der Waals surface area contributed by atoms with E-state index in [4.69, 9.17) is 0 Å². The summed E-state index contributed by atoms with van der Waals surface area (Å²) < 4.78 is 0. The minimum Gasteiger partial charge on any atom is -0.330 e. The van der Waals surface area contributed by atoms with Crippen LogP contribution >= 0.6 is 11.3 Å². The zero-order valence-corrected chi connectivity index (χ0v) is 7.89. The van der Waals surface area contributed by atoms with Crippen LogP contribution < -0.4 is 0 Å². The molecule has 0 atom stereocenters. The quantitative estimate of drug-likeness (QED) is 0.659. The number of thiazole rings is 1. The first kappa shape index (κ1) is 7.73. The molecule has 0 radical (unpaired) electrons. The summed E-state index contributed by atoms with van der Waals surface area (Å²) in [6.07, 6.45) is 0. The summed E-state index contributed by atoms with van der Waals surface area (Å²) in [4.78, 5) is 18.6. The Morgan fingerprint density at radius 3 is 3.00 bits per heavy atom. The van der Waals surface area contributed by atoms with Gasteiger partial charge in [-0.15, -0.1) is 11.3 Å². The number of hydrogen-bond donors (Lipinski definition) is 0. The SMILES string of the molecule is CC(C)N1Cc2scnc2C1=O. The molecule has 0 N–H and O–H groups in total. The van der Waals surface area contributed by atoms with Crippen molar-refractivity contribution in [3.63, 3.8) is 0 Å². The number of carbonyl (C=O) groups excluding carboxylic acids is 1. The first-order chi connectivity index (χ1) is 5.70. The van der Waals surface area contributed by atoms with Gasteiger partial charge in [0.25, 0.3) is 5.91 Å². The highest BCUT2D eigenvalue weighted by molar-refractivity contribution is 7.10. The molecule has 0 unspecified atom stereocenters. The molecule has 0 bridgehead atoms. The van der Waals surface area contributed by atoms with Gasteiger partial charge in [0.05, 0.1) is 16.9 Å². The molecule has 64 valence electrons. The average molecular weight is 182 g/mol. The maximum absolute atomic E-state index is 11.6. The van der Waals surface area contributed by atoms with E-state index in [2.05, 4.69) is 4.98 Å². The van der Waals surface area contributed by atoms with Crippen LogP contribution in [0.25, 0.3) is 0 Å². The second-order valence-electron chi connectivity index (χ2n) is 3.15. The second-order valence-corrected chi connectivity index (χ2v) is 4.09. The van der Waals surface area contributed by atoms with Crippen LogP contribution in [0.5, 0.6) is 0 Å². The lowest BCUT2D eigenvalue weighted by Crippen LogP contribution is -2.31. The fraction of sp³-hybridized carbons (Fsp3) is 0.500. The lowest BCUT2D eigenvalue weighted by molar-refractivity contribution is 0.0726. The lowest BCUT2D eigenvalue weighted by Gasteiger charge is -2.19. The zero-order valence-electron chi connectivity index (χ0n) is 7.07. The van der Waals surface area contributed by atoms with Gasteiger partial charge in [0.15, 0.2) is 0 Å². The van der Waals surface area contributed by atoms with Gasteiger partial charge in [-0.05, 0) is 13.8 Å². The van der Waals surface area contributed by atoms with Crippen LogP contribution in [0.3, 0.4) is 0 Å². The van der Waals surface area contributed by atoms with Crippen molar-refractivity contribution in [3.05, 3.63) is 16.1 Å². The molecular formula is C8H10N2OS. The number of amides is 1.